The Morgan fingerprint density at radius 1 is 1.53 bits per heavy atom. The highest BCUT2D eigenvalue weighted by molar-refractivity contribution is 7.13. The molecule has 5 nitrogen and oxygen atoms in total. The second-order valence-corrected chi connectivity index (χ2v) is 5.26. The van der Waals surface area contributed by atoms with Crippen LogP contribution in [0.25, 0.3) is 0 Å². The lowest BCUT2D eigenvalue weighted by Crippen LogP contribution is -2.03. The molecule has 1 aliphatic carbocycles. The molecule has 0 unspecified atom stereocenters. The zero-order valence-corrected chi connectivity index (χ0v) is 11.2. The molecule has 0 bridgehead atoms. The number of nitrogens with one attached hydrogen (secondary N) is 1. The molecule has 1 N–H and O–H groups in total. The summed E-state index contributed by atoms with van der Waals surface area (Å²) in [7, 11) is 1.36. The van der Waals surface area contributed by atoms with E-state index in [0.29, 0.717) is 17.3 Å². The maximum atomic E-state index is 11.4. The molecule has 0 spiro atoms. The van der Waals surface area contributed by atoms with E-state index in [-0.39, 0.29) is 5.97 Å². The van der Waals surface area contributed by atoms with Crippen molar-refractivity contribution in [3.63, 3.8) is 0 Å². The number of hydrogen-bond donors (Lipinski definition) is 1. The Kier molecular flexibility index (Phi) is 3.16. The van der Waals surface area contributed by atoms with Gasteiger partial charge in [-0.05, 0) is 25.0 Å². The number of nitrogens with zero attached hydrogens (tertiary/aromatic N) is 2. The number of esters is 1. The number of aromatic nitrogens is 2. The van der Waals surface area contributed by atoms with Gasteiger partial charge in [0.2, 0.25) is 0 Å². The largest absolute Gasteiger partial charge is 0.465 e. The molecule has 0 atom stereocenters. The van der Waals surface area contributed by atoms with E-state index in [2.05, 4.69) is 25.4 Å². The zero-order chi connectivity index (χ0) is 13.2. The molecular weight excluding hydrogens is 262 g/mol. The summed E-state index contributed by atoms with van der Waals surface area (Å²) in [5, 5.41) is 5.99. The van der Waals surface area contributed by atoms with Gasteiger partial charge in [-0.3, -0.25) is 0 Å². The number of thiazole rings is 1. The van der Waals surface area contributed by atoms with E-state index in [1.54, 1.807) is 29.7 Å². The highest BCUT2D eigenvalue weighted by atomic mass is 32.1. The van der Waals surface area contributed by atoms with Gasteiger partial charge in [-0.15, -0.1) is 11.3 Å². The van der Waals surface area contributed by atoms with E-state index in [1.807, 2.05) is 0 Å². The smallest absolute Gasteiger partial charge is 0.338 e. The summed E-state index contributed by atoms with van der Waals surface area (Å²) in [5.41, 5.74) is 1.62. The average Bonchev–Trinajstić information content (AvgIpc) is 3.19. The molecule has 2 aromatic heterocycles. The summed E-state index contributed by atoms with van der Waals surface area (Å²) in [4.78, 5) is 20.1. The highest BCUT2D eigenvalue weighted by Crippen LogP contribution is 2.41. The van der Waals surface area contributed by atoms with Crippen molar-refractivity contribution in [1.29, 1.82) is 0 Å². The van der Waals surface area contributed by atoms with Gasteiger partial charge in [0.1, 0.15) is 5.82 Å². The molecular formula is C13H13N3O2S. The Morgan fingerprint density at radius 3 is 3.11 bits per heavy atom. The number of carbonyl (C=O) groups is 1. The average molecular weight is 275 g/mol. The third-order valence-corrected chi connectivity index (χ3v) is 3.71. The molecule has 1 aliphatic rings. The van der Waals surface area contributed by atoms with Gasteiger partial charge in [0.25, 0.3) is 0 Å². The molecule has 0 aromatic carbocycles. The third-order valence-electron chi connectivity index (χ3n) is 2.93. The van der Waals surface area contributed by atoms with Crippen molar-refractivity contribution in [2.75, 3.05) is 12.4 Å². The summed E-state index contributed by atoms with van der Waals surface area (Å²) in [6.45, 7) is 0. The lowest BCUT2D eigenvalue weighted by Gasteiger charge is -2.03. The number of carbonyl (C=O) groups excluding carboxylic acids is 1. The van der Waals surface area contributed by atoms with Gasteiger partial charge in [-0.1, -0.05) is 0 Å². The number of pyridine rings is 1. The van der Waals surface area contributed by atoms with Crippen LogP contribution in [0, 0.1) is 0 Å². The van der Waals surface area contributed by atoms with E-state index in [0.717, 1.165) is 10.8 Å². The lowest BCUT2D eigenvalue weighted by atomic mass is 10.2. The van der Waals surface area contributed by atoms with Crippen LogP contribution in [-0.2, 0) is 4.74 Å². The minimum atomic E-state index is -0.372. The van der Waals surface area contributed by atoms with E-state index in [9.17, 15) is 4.79 Å². The molecule has 0 amide bonds. The van der Waals surface area contributed by atoms with Crippen LogP contribution in [0.5, 0.6) is 0 Å². The molecule has 0 saturated heterocycles. The molecule has 2 aromatic rings. The van der Waals surface area contributed by atoms with E-state index in [4.69, 9.17) is 0 Å². The van der Waals surface area contributed by atoms with E-state index >= 15 is 0 Å². The number of rotatable bonds is 4. The Balaban J connectivity index is 1.76. The molecule has 98 valence electrons. The van der Waals surface area contributed by atoms with Crippen LogP contribution in [0.2, 0.25) is 0 Å². The summed E-state index contributed by atoms with van der Waals surface area (Å²) in [6, 6.07) is 3.28. The van der Waals surface area contributed by atoms with Crippen LogP contribution in [0.15, 0.2) is 23.7 Å². The van der Waals surface area contributed by atoms with Crippen molar-refractivity contribution in [2.45, 2.75) is 18.8 Å². The second-order valence-electron chi connectivity index (χ2n) is 4.40. The van der Waals surface area contributed by atoms with E-state index < -0.39 is 0 Å². The molecule has 6 heteroatoms. The Labute approximate surface area is 114 Å². The quantitative estimate of drug-likeness (QED) is 0.869. The fraction of sp³-hybridized carbons (Fsp3) is 0.308. The van der Waals surface area contributed by atoms with Crippen LogP contribution < -0.4 is 5.32 Å². The van der Waals surface area contributed by atoms with Gasteiger partial charge in [0, 0.05) is 17.5 Å². The fourth-order valence-electron chi connectivity index (χ4n) is 1.76. The van der Waals surface area contributed by atoms with Crippen molar-refractivity contribution in [2.24, 2.45) is 0 Å². The molecule has 1 saturated carbocycles. The first-order valence-corrected chi connectivity index (χ1v) is 6.91. The summed E-state index contributed by atoms with van der Waals surface area (Å²) in [5.74, 6) is 0.865. The van der Waals surface area contributed by atoms with Gasteiger partial charge in [0.05, 0.1) is 18.4 Å². The number of anilines is 2. The predicted molar refractivity (Wildman–Crippen MR) is 72.9 cm³/mol. The SMILES string of the molecule is COC(=O)c1ccnc(Nc2nc(C3CC3)cs2)c1. The first-order chi connectivity index (χ1) is 9.26. The molecule has 1 fully saturated rings. The van der Waals surface area contributed by atoms with E-state index in [1.165, 1.54) is 20.0 Å². The van der Waals surface area contributed by atoms with Crippen LogP contribution in [0.4, 0.5) is 10.9 Å². The molecule has 0 radical (unpaired) electrons. The summed E-state index contributed by atoms with van der Waals surface area (Å²) >= 11 is 1.55. The normalized spacial score (nSPS) is 14.2. The van der Waals surface area contributed by atoms with Crippen LogP contribution >= 0.6 is 11.3 Å². The highest BCUT2D eigenvalue weighted by Gasteiger charge is 2.26. The monoisotopic (exact) mass is 275 g/mol. The number of hydrogen-bond acceptors (Lipinski definition) is 6. The second kappa shape index (κ2) is 4.97. The van der Waals surface area contributed by atoms with Crippen molar-refractivity contribution in [1.82, 2.24) is 9.97 Å². The molecule has 0 aliphatic heterocycles. The standard InChI is InChI=1S/C13H13N3O2S/c1-18-12(17)9-4-5-14-11(6-9)16-13-15-10(7-19-13)8-2-3-8/h4-8H,2-3H2,1H3,(H,14,15,16). The van der Waals surface area contributed by atoms with Crippen molar-refractivity contribution in [3.05, 3.63) is 35.0 Å². The van der Waals surface area contributed by atoms with Crippen molar-refractivity contribution in [3.8, 4) is 0 Å². The van der Waals surface area contributed by atoms with Gasteiger partial charge in [0.15, 0.2) is 5.13 Å². The van der Waals surface area contributed by atoms with Crippen LogP contribution in [0.3, 0.4) is 0 Å². The van der Waals surface area contributed by atoms with Crippen LogP contribution in [-0.4, -0.2) is 23.0 Å². The first-order valence-electron chi connectivity index (χ1n) is 6.03. The zero-order valence-electron chi connectivity index (χ0n) is 10.4. The van der Waals surface area contributed by atoms with Gasteiger partial charge >= 0.3 is 5.97 Å². The Hall–Kier alpha value is -1.95. The van der Waals surface area contributed by atoms with Gasteiger partial charge < -0.3 is 10.1 Å². The number of methoxy groups -OCH3 is 1. The van der Waals surface area contributed by atoms with Gasteiger partial charge in [-0.2, -0.15) is 0 Å². The van der Waals surface area contributed by atoms with Crippen molar-refractivity contribution < 1.29 is 9.53 Å². The Morgan fingerprint density at radius 2 is 2.37 bits per heavy atom. The minimum absolute atomic E-state index is 0.372. The minimum Gasteiger partial charge on any atom is -0.465 e. The van der Waals surface area contributed by atoms with Crippen molar-refractivity contribution >= 4 is 28.3 Å². The maximum Gasteiger partial charge on any atom is 0.338 e. The first kappa shape index (κ1) is 12.1. The lowest BCUT2D eigenvalue weighted by molar-refractivity contribution is 0.0600. The maximum absolute atomic E-state index is 11.4. The predicted octanol–water partition coefficient (Wildman–Crippen LogP) is 2.95. The molecule has 3 rings (SSSR count). The summed E-state index contributed by atoms with van der Waals surface area (Å²) < 4.78 is 4.68. The third kappa shape index (κ3) is 2.73. The Bertz CT molecular complexity index is 607. The summed E-state index contributed by atoms with van der Waals surface area (Å²) in [6.07, 6.45) is 4.04. The fourth-order valence-corrected chi connectivity index (χ4v) is 2.56. The topological polar surface area (TPSA) is 64.1 Å². The van der Waals surface area contributed by atoms with Crippen LogP contribution in [0.1, 0.15) is 34.8 Å². The van der Waals surface area contributed by atoms with Gasteiger partial charge in [-0.25, -0.2) is 14.8 Å². The number of ether oxygens (including phenoxy) is 1. The molecule has 19 heavy (non-hydrogen) atoms. The molecule has 2 heterocycles.